The van der Waals surface area contributed by atoms with Crippen molar-refractivity contribution in [3.8, 4) is 23.0 Å². The molecule has 0 amide bonds. The fourth-order valence-electron chi connectivity index (χ4n) is 1.46. The normalized spacial score (nSPS) is 8.65. The summed E-state index contributed by atoms with van der Waals surface area (Å²) in [4.78, 5) is 0. The molecule has 0 unspecified atom stereocenters. The minimum Gasteiger partial charge on any atom is -0.508 e. The predicted octanol–water partition coefficient (Wildman–Crippen LogP) is 6.28. The lowest BCUT2D eigenvalue weighted by atomic mass is 10.3. The lowest BCUT2D eigenvalue weighted by Crippen LogP contribution is -1.97. The van der Waals surface area contributed by atoms with E-state index in [0.29, 0.717) is 12.4 Å². The van der Waals surface area contributed by atoms with E-state index >= 15 is 0 Å². The molecular weight excluding hydrogens is 532 g/mol. The van der Waals surface area contributed by atoms with Gasteiger partial charge in [-0.1, -0.05) is 67.3 Å². The molecule has 0 aromatic heterocycles. The molecule has 0 heterocycles. The number of hydrogen-bond donors (Lipinski definition) is 1. The molecule has 0 saturated carbocycles. The van der Waals surface area contributed by atoms with Gasteiger partial charge in [0.15, 0.2) is 0 Å². The molecule has 0 saturated heterocycles. The second kappa shape index (κ2) is 18.9. The standard InChI is InChI=1S/C9H11BrO2.C7H8O2.C2H4Br2.CH4/c1-11-8-3-2-4-9(7-8)12-6-5-10;1-9-7-4-2-3-6(8)5-7;3-1-2-4;/h2-4,7H,5-6H2,1H3;2-5,8H,1H3;1-2H2;1H4. The van der Waals surface area contributed by atoms with E-state index in [1.54, 1.807) is 38.5 Å². The summed E-state index contributed by atoms with van der Waals surface area (Å²) in [5, 5.41) is 11.8. The molecule has 4 nitrogen and oxygen atoms in total. The maximum atomic E-state index is 8.86. The van der Waals surface area contributed by atoms with E-state index in [1.807, 2.05) is 24.3 Å². The molecule has 7 heteroatoms. The summed E-state index contributed by atoms with van der Waals surface area (Å²) in [6.07, 6.45) is 0. The van der Waals surface area contributed by atoms with E-state index < -0.39 is 0 Å². The van der Waals surface area contributed by atoms with Crippen LogP contribution in [0.15, 0.2) is 48.5 Å². The first-order chi connectivity index (χ1) is 12.1. The van der Waals surface area contributed by atoms with Crippen LogP contribution in [0.4, 0.5) is 0 Å². The monoisotopic (exact) mass is 556 g/mol. The Balaban J connectivity index is 0. The van der Waals surface area contributed by atoms with Crippen LogP contribution in [0.3, 0.4) is 0 Å². The number of methoxy groups -OCH3 is 2. The number of phenolic OH excluding ortho intramolecular Hbond substituents is 1. The molecule has 0 aliphatic heterocycles. The van der Waals surface area contributed by atoms with Gasteiger partial charge in [-0.3, -0.25) is 0 Å². The quantitative estimate of drug-likeness (QED) is 0.424. The van der Waals surface area contributed by atoms with Gasteiger partial charge < -0.3 is 19.3 Å². The van der Waals surface area contributed by atoms with E-state index in [9.17, 15) is 0 Å². The first-order valence-corrected chi connectivity index (χ1v) is 10.8. The summed E-state index contributed by atoms with van der Waals surface area (Å²) in [5.74, 6) is 2.57. The molecule has 0 bridgehead atoms. The Hall–Kier alpha value is -0.920. The highest BCUT2D eigenvalue weighted by Crippen LogP contribution is 2.18. The third-order valence-corrected chi connectivity index (χ3v) is 4.69. The first-order valence-electron chi connectivity index (χ1n) is 7.39. The van der Waals surface area contributed by atoms with Gasteiger partial charge in [0.25, 0.3) is 0 Å². The minimum atomic E-state index is 0. The molecule has 0 aliphatic rings. The van der Waals surface area contributed by atoms with Gasteiger partial charge in [-0.15, -0.1) is 0 Å². The fraction of sp³-hybridized carbons (Fsp3) is 0.368. The van der Waals surface area contributed by atoms with Crippen LogP contribution in [0.1, 0.15) is 7.43 Å². The van der Waals surface area contributed by atoms with Crippen LogP contribution in [0.25, 0.3) is 0 Å². The van der Waals surface area contributed by atoms with Crippen molar-refractivity contribution in [1.82, 2.24) is 0 Å². The maximum absolute atomic E-state index is 8.86. The first kappa shape index (κ1) is 27.3. The average Bonchev–Trinajstić information content (AvgIpc) is 2.67. The number of phenols is 1. The predicted molar refractivity (Wildman–Crippen MR) is 121 cm³/mol. The SMILES string of the molecule is BrCCBr.C.COc1cccc(O)c1.COc1cccc(OCCBr)c1. The van der Waals surface area contributed by atoms with Gasteiger partial charge in [-0.2, -0.15) is 0 Å². The Labute approximate surface area is 182 Å². The van der Waals surface area contributed by atoms with Crippen molar-refractivity contribution >= 4 is 47.8 Å². The second-order valence-electron chi connectivity index (χ2n) is 4.30. The van der Waals surface area contributed by atoms with E-state index in [4.69, 9.17) is 19.3 Å². The van der Waals surface area contributed by atoms with Crippen molar-refractivity contribution in [2.75, 3.05) is 36.8 Å². The van der Waals surface area contributed by atoms with Crippen molar-refractivity contribution in [2.45, 2.75) is 7.43 Å². The van der Waals surface area contributed by atoms with Crippen molar-refractivity contribution in [3.05, 3.63) is 48.5 Å². The Morgan fingerprint density at radius 1 is 0.769 bits per heavy atom. The Morgan fingerprint density at radius 2 is 1.27 bits per heavy atom. The summed E-state index contributed by atoms with van der Waals surface area (Å²) in [5.41, 5.74) is 0. The number of alkyl halides is 3. The Bertz CT molecular complexity index is 566. The summed E-state index contributed by atoms with van der Waals surface area (Å²) in [6, 6.07) is 14.2. The molecule has 0 atom stereocenters. The maximum Gasteiger partial charge on any atom is 0.123 e. The number of rotatable bonds is 6. The van der Waals surface area contributed by atoms with E-state index in [1.165, 1.54) is 0 Å². The lowest BCUT2D eigenvalue weighted by molar-refractivity contribution is 0.340. The van der Waals surface area contributed by atoms with Gasteiger partial charge in [-0.25, -0.2) is 0 Å². The van der Waals surface area contributed by atoms with Gasteiger partial charge in [-0.05, 0) is 24.3 Å². The highest BCUT2D eigenvalue weighted by Gasteiger charge is 1.94. The van der Waals surface area contributed by atoms with Crippen molar-refractivity contribution < 1.29 is 19.3 Å². The number of halogens is 3. The molecule has 1 N–H and O–H groups in total. The molecule has 0 aliphatic carbocycles. The Kier molecular flexibility index (Phi) is 19.8. The molecule has 148 valence electrons. The molecule has 0 radical (unpaired) electrons. The number of benzene rings is 2. The van der Waals surface area contributed by atoms with Crippen molar-refractivity contribution in [1.29, 1.82) is 0 Å². The van der Waals surface area contributed by atoms with Crippen LogP contribution in [0.2, 0.25) is 0 Å². The zero-order chi connectivity index (χ0) is 18.9. The van der Waals surface area contributed by atoms with Gasteiger partial charge in [0.2, 0.25) is 0 Å². The number of aromatic hydroxyl groups is 1. The zero-order valence-corrected chi connectivity index (χ0v) is 19.0. The third-order valence-electron chi connectivity index (χ3n) is 2.51. The molecule has 0 spiro atoms. The topological polar surface area (TPSA) is 47.9 Å². The molecular formula is C19H27Br3O4. The van der Waals surface area contributed by atoms with Crippen LogP contribution >= 0.6 is 47.8 Å². The van der Waals surface area contributed by atoms with Gasteiger partial charge in [0, 0.05) is 28.1 Å². The number of hydrogen-bond acceptors (Lipinski definition) is 4. The largest absolute Gasteiger partial charge is 0.508 e. The van der Waals surface area contributed by atoms with Crippen LogP contribution in [-0.4, -0.2) is 41.9 Å². The molecule has 2 rings (SSSR count). The third kappa shape index (κ3) is 14.3. The minimum absolute atomic E-state index is 0. The highest BCUT2D eigenvalue weighted by molar-refractivity contribution is 9.12. The molecule has 26 heavy (non-hydrogen) atoms. The molecule has 2 aromatic carbocycles. The second-order valence-corrected chi connectivity index (χ2v) is 6.67. The number of ether oxygens (including phenoxy) is 3. The van der Waals surface area contributed by atoms with Crippen LogP contribution < -0.4 is 14.2 Å². The molecule has 0 fully saturated rings. The van der Waals surface area contributed by atoms with Crippen LogP contribution in [-0.2, 0) is 0 Å². The summed E-state index contributed by atoms with van der Waals surface area (Å²) in [7, 11) is 3.21. The smallest absolute Gasteiger partial charge is 0.123 e. The summed E-state index contributed by atoms with van der Waals surface area (Å²) in [6.45, 7) is 0.674. The van der Waals surface area contributed by atoms with Crippen LogP contribution in [0.5, 0.6) is 23.0 Å². The zero-order valence-electron chi connectivity index (χ0n) is 14.3. The van der Waals surface area contributed by atoms with Crippen molar-refractivity contribution in [2.24, 2.45) is 0 Å². The van der Waals surface area contributed by atoms with E-state index in [0.717, 1.165) is 27.5 Å². The highest BCUT2D eigenvalue weighted by atomic mass is 79.9. The van der Waals surface area contributed by atoms with Crippen LogP contribution in [0, 0.1) is 0 Å². The van der Waals surface area contributed by atoms with Gasteiger partial charge in [0.1, 0.15) is 23.0 Å². The van der Waals surface area contributed by atoms with Gasteiger partial charge in [0.05, 0.1) is 20.8 Å². The lowest BCUT2D eigenvalue weighted by Gasteiger charge is -2.05. The van der Waals surface area contributed by atoms with E-state index in [2.05, 4.69) is 47.8 Å². The summed E-state index contributed by atoms with van der Waals surface area (Å²) >= 11 is 9.69. The molecule has 2 aromatic rings. The van der Waals surface area contributed by atoms with E-state index in [-0.39, 0.29) is 13.2 Å². The summed E-state index contributed by atoms with van der Waals surface area (Å²) < 4.78 is 15.2. The van der Waals surface area contributed by atoms with Gasteiger partial charge >= 0.3 is 0 Å². The Morgan fingerprint density at radius 3 is 1.69 bits per heavy atom. The average molecular weight is 559 g/mol. The van der Waals surface area contributed by atoms with Crippen molar-refractivity contribution in [3.63, 3.8) is 0 Å². The fourth-order valence-corrected chi connectivity index (χ4v) is 1.62.